The number of hydrogen-bond acceptors (Lipinski definition) is 6. The molecule has 0 N–H and O–H groups in total. The molecule has 7 nitrogen and oxygen atoms in total. The summed E-state index contributed by atoms with van der Waals surface area (Å²) < 4.78 is 5.95. The maximum absolute atomic E-state index is 13.1. The molecule has 0 spiro atoms. The second-order valence-electron chi connectivity index (χ2n) is 8.48. The van der Waals surface area contributed by atoms with Gasteiger partial charge in [0, 0.05) is 35.5 Å². The molecule has 9 heteroatoms. The number of benzene rings is 2. The SMILES string of the molecule is CC(C)(Oc1ccc(Cl)cc1)C(=O)N1CCC(c2nc(-c3ccccc3[N+](=O)[O-])cs2)CC1. The number of para-hydroxylation sites is 1. The van der Waals surface area contributed by atoms with Crippen LogP contribution >= 0.6 is 22.9 Å². The fourth-order valence-electron chi connectivity index (χ4n) is 4.00. The van der Waals surface area contributed by atoms with Crippen LogP contribution in [0.1, 0.15) is 37.6 Å². The Hall–Kier alpha value is -2.97. The maximum Gasteiger partial charge on any atom is 0.278 e. The molecule has 0 unspecified atom stereocenters. The minimum atomic E-state index is -0.999. The van der Waals surface area contributed by atoms with Crippen LogP contribution in [0.5, 0.6) is 5.75 Å². The number of piperidine rings is 1. The normalized spacial score (nSPS) is 14.8. The summed E-state index contributed by atoms with van der Waals surface area (Å²) in [5, 5.41) is 14.8. The van der Waals surface area contributed by atoms with Crippen LogP contribution in [0.15, 0.2) is 53.9 Å². The molecule has 0 atom stereocenters. The van der Waals surface area contributed by atoms with Crippen LogP contribution in [0.4, 0.5) is 5.69 Å². The fraction of sp³-hybridized carbons (Fsp3) is 0.333. The van der Waals surface area contributed by atoms with Crippen LogP contribution in [0.3, 0.4) is 0 Å². The molecule has 1 aliphatic heterocycles. The molecule has 33 heavy (non-hydrogen) atoms. The molecular weight excluding hydrogens is 462 g/mol. The number of nitrogens with zero attached hydrogens (tertiary/aromatic N) is 3. The van der Waals surface area contributed by atoms with Crippen LogP contribution in [-0.2, 0) is 4.79 Å². The van der Waals surface area contributed by atoms with Crippen LogP contribution in [-0.4, -0.2) is 39.4 Å². The molecule has 1 aliphatic rings. The van der Waals surface area contributed by atoms with Gasteiger partial charge in [-0.3, -0.25) is 14.9 Å². The van der Waals surface area contributed by atoms with E-state index in [0.717, 1.165) is 17.8 Å². The molecule has 4 rings (SSSR count). The van der Waals surface area contributed by atoms with Crippen molar-refractivity contribution >= 4 is 34.5 Å². The Labute approximate surface area is 201 Å². The highest BCUT2D eigenvalue weighted by Gasteiger charge is 2.36. The van der Waals surface area contributed by atoms with Crippen molar-refractivity contribution < 1.29 is 14.5 Å². The number of carbonyl (C=O) groups is 1. The smallest absolute Gasteiger partial charge is 0.278 e. The predicted octanol–water partition coefficient (Wildman–Crippen LogP) is 5.94. The van der Waals surface area contributed by atoms with E-state index < -0.39 is 5.60 Å². The summed E-state index contributed by atoms with van der Waals surface area (Å²) in [6.45, 7) is 4.76. The minimum absolute atomic E-state index is 0.0534. The highest BCUT2D eigenvalue weighted by atomic mass is 35.5. The van der Waals surface area contributed by atoms with Gasteiger partial charge in [-0.05, 0) is 57.0 Å². The molecule has 172 valence electrons. The Balaban J connectivity index is 1.40. The van der Waals surface area contributed by atoms with Crippen molar-refractivity contribution in [2.24, 2.45) is 0 Å². The quantitative estimate of drug-likeness (QED) is 0.319. The van der Waals surface area contributed by atoms with Crippen molar-refractivity contribution in [3.63, 3.8) is 0 Å². The van der Waals surface area contributed by atoms with E-state index in [4.69, 9.17) is 21.3 Å². The minimum Gasteiger partial charge on any atom is -0.478 e. The largest absolute Gasteiger partial charge is 0.478 e. The first-order chi connectivity index (χ1) is 15.7. The Morgan fingerprint density at radius 3 is 2.52 bits per heavy atom. The predicted molar refractivity (Wildman–Crippen MR) is 129 cm³/mol. The van der Waals surface area contributed by atoms with Gasteiger partial charge in [0.25, 0.3) is 11.6 Å². The van der Waals surface area contributed by atoms with Gasteiger partial charge in [-0.15, -0.1) is 11.3 Å². The first-order valence-corrected chi connectivity index (χ1v) is 11.9. The van der Waals surface area contributed by atoms with Crippen LogP contribution < -0.4 is 4.74 Å². The third-order valence-electron chi connectivity index (χ3n) is 5.73. The molecule has 0 saturated carbocycles. The van der Waals surface area contributed by atoms with Gasteiger partial charge in [0.1, 0.15) is 5.75 Å². The van der Waals surface area contributed by atoms with E-state index in [1.807, 2.05) is 10.3 Å². The van der Waals surface area contributed by atoms with Crippen molar-refractivity contribution in [1.82, 2.24) is 9.88 Å². The zero-order valence-corrected chi connectivity index (χ0v) is 19.9. The number of aromatic nitrogens is 1. The molecule has 1 amide bonds. The second kappa shape index (κ2) is 9.49. The lowest BCUT2D eigenvalue weighted by Crippen LogP contribution is -2.51. The van der Waals surface area contributed by atoms with Crippen LogP contribution in [0.2, 0.25) is 5.02 Å². The number of hydrogen-bond donors (Lipinski definition) is 0. The highest BCUT2D eigenvalue weighted by Crippen LogP contribution is 2.36. The van der Waals surface area contributed by atoms with Gasteiger partial charge in [-0.2, -0.15) is 0 Å². The number of amides is 1. The number of thiazole rings is 1. The van der Waals surface area contributed by atoms with Crippen LogP contribution in [0.25, 0.3) is 11.3 Å². The Bertz CT molecular complexity index is 1150. The zero-order valence-electron chi connectivity index (χ0n) is 18.4. The number of nitro benzene ring substituents is 1. The highest BCUT2D eigenvalue weighted by molar-refractivity contribution is 7.10. The summed E-state index contributed by atoms with van der Waals surface area (Å²) in [7, 11) is 0. The standard InChI is InChI=1S/C24H24ClN3O4S/c1-24(2,32-18-9-7-17(25)8-10-18)23(29)27-13-11-16(12-14-27)22-26-20(15-33-22)19-5-3-4-6-21(19)28(30)31/h3-10,15-16H,11-14H2,1-2H3. The van der Waals surface area contributed by atoms with Gasteiger partial charge in [-0.25, -0.2) is 4.98 Å². The van der Waals surface area contributed by atoms with Crippen LogP contribution in [0, 0.1) is 10.1 Å². The molecule has 1 aromatic heterocycles. The summed E-state index contributed by atoms with van der Waals surface area (Å²) in [5.41, 5.74) is 0.205. The molecule has 0 aliphatic carbocycles. The second-order valence-corrected chi connectivity index (χ2v) is 9.80. The van der Waals surface area contributed by atoms with E-state index >= 15 is 0 Å². The van der Waals surface area contributed by atoms with E-state index in [2.05, 4.69) is 0 Å². The Morgan fingerprint density at radius 2 is 1.85 bits per heavy atom. The van der Waals surface area contributed by atoms with Crippen molar-refractivity contribution in [3.05, 3.63) is 74.1 Å². The lowest BCUT2D eigenvalue weighted by molar-refractivity contribution is -0.384. The average molecular weight is 486 g/mol. The Kier molecular flexibility index (Phi) is 6.67. The third kappa shape index (κ3) is 5.17. The lowest BCUT2D eigenvalue weighted by Gasteiger charge is -2.36. The van der Waals surface area contributed by atoms with E-state index in [-0.39, 0.29) is 22.4 Å². The van der Waals surface area contributed by atoms with Crippen molar-refractivity contribution in [3.8, 4) is 17.0 Å². The van der Waals surface area contributed by atoms with Gasteiger partial charge in [0.2, 0.25) is 0 Å². The number of ether oxygens (including phenoxy) is 1. The number of rotatable bonds is 6. The first-order valence-electron chi connectivity index (χ1n) is 10.7. The van der Waals surface area contributed by atoms with Crippen molar-refractivity contribution in [1.29, 1.82) is 0 Å². The number of nitro groups is 1. The first kappa shape index (κ1) is 23.2. The molecule has 3 aromatic rings. The summed E-state index contributed by atoms with van der Waals surface area (Å²) in [4.78, 5) is 30.6. The van der Waals surface area contributed by atoms with Crippen molar-refractivity contribution in [2.45, 2.75) is 38.2 Å². The number of likely N-dealkylation sites (tertiary alicyclic amines) is 1. The van der Waals surface area contributed by atoms with E-state index in [9.17, 15) is 14.9 Å². The monoisotopic (exact) mass is 485 g/mol. The van der Waals surface area contributed by atoms with Gasteiger partial charge in [-0.1, -0.05) is 23.7 Å². The van der Waals surface area contributed by atoms with Gasteiger partial charge >= 0.3 is 0 Å². The summed E-state index contributed by atoms with van der Waals surface area (Å²) >= 11 is 7.44. The van der Waals surface area contributed by atoms with E-state index in [1.54, 1.807) is 56.3 Å². The van der Waals surface area contributed by atoms with E-state index in [0.29, 0.717) is 35.1 Å². The molecule has 1 fully saturated rings. The maximum atomic E-state index is 13.1. The fourth-order valence-corrected chi connectivity index (χ4v) is 5.12. The molecule has 2 aromatic carbocycles. The molecule has 2 heterocycles. The lowest BCUT2D eigenvalue weighted by atomic mass is 9.95. The summed E-state index contributed by atoms with van der Waals surface area (Å²) in [5.74, 6) is 0.754. The third-order valence-corrected chi connectivity index (χ3v) is 6.99. The Morgan fingerprint density at radius 1 is 1.18 bits per heavy atom. The topological polar surface area (TPSA) is 85.6 Å². The average Bonchev–Trinajstić information content (AvgIpc) is 3.30. The molecule has 0 radical (unpaired) electrons. The van der Waals surface area contributed by atoms with Gasteiger partial charge in [0.15, 0.2) is 5.60 Å². The molecule has 1 saturated heterocycles. The van der Waals surface area contributed by atoms with Gasteiger partial charge < -0.3 is 9.64 Å². The van der Waals surface area contributed by atoms with E-state index in [1.165, 1.54) is 17.4 Å². The number of carbonyl (C=O) groups excluding carboxylic acids is 1. The zero-order chi connectivity index (χ0) is 23.6. The summed E-state index contributed by atoms with van der Waals surface area (Å²) in [6.07, 6.45) is 1.57. The molecule has 0 bridgehead atoms. The van der Waals surface area contributed by atoms with Crippen molar-refractivity contribution in [2.75, 3.05) is 13.1 Å². The van der Waals surface area contributed by atoms with Gasteiger partial charge in [0.05, 0.1) is 21.2 Å². The summed E-state index contributed by atoms with van der Waals surface area (Å²) in [6, 6.07) is 13.6. The molecular formula is C24H24ClN3O4S. The number of halogens is 1.